The SMILES string of the molecule is CC1=C(C(=O)Nc2cccc(C)c2)C(c2ccc(OCc3ccc(C(C)(C)C)cc3)cc2)n2nnnc2N1. The minimum absolute atomic E-state index is 0.117. The minimum Gasteiger partial charge on any atom is -0.489 e. The Hall–Kier alpha value is -4.46. The van der Waals surface area contributed by atoms with E-state index >= 15 is 0 Å². The highest BCUT2D eigenvalue weighted by molar-refractivity contribution is 6.06. The average molecular weight is 509 g/mol. The molecule has 1 aromatic heterocycles. The zero-order valence-electron chi connectivity index (χ0n) is 22.3. The number of aromatic nitrogens is 4. The van der Waals surface area contributed by atoms with Gasteiger partial charge in [0.25, 0.3) is 5.91 Å². The number of amides is 1. The van der Waals surface area contributed by atoms with E-state index in [9.17, 15) is 4.79 Å². The van der Waals surface area contributed by atoms with E-state index in [0.717, 1.165) is 28.1 Å². The Balaban J connectivity index is 1.36. The van der Waals surface area contributed by atoms with E-state index in [-0.39, 0.29) is 11.3 Å². The van der Waals surface area contributed by atoms with Crippen LogP contribution >= 0.6 is 0 Å². The molecule has 8 heteroatoms. The van der Waals surface area contributed by atoms with Crippen molar-refractivity contribution in [3.8, 4) is 5.75 Å². The summed E-state index contributed by atoms with van der Waals surface area (Å²) in [4.78, 5) is 13.5. The van der Waals surface area contributed by atoms with Crippen LogP contribution in [0.3, 0.4) is 0 Å². The summed E-state index contributed by atoms with van der Waals surface area (Å²) in [6, 6.07) is 23.5. The lowest BCUT2D eigenvalue weighted by molar-refractivity contribution is -0.113. The van der Waals surface area contributed by atoms with E-state index < -0.39 is 6.04 Å². The molecule has 4 aromatic rings. The van der Waals surface area contributed by atoms with Gasteiger partial charge in [-0.2, -0.15) is 4.68 Å². The summed E-state index contributed by atoms with van der Waals surface area (Å²) in [5.41, 5.74) is 6.42. The zero-order valence-corrected chi connectivity index (χ0v) is 22.3. The molecule has 8 nitrogen and oxygen atoms in total. The molecule has 194 valence electrons. The number of rotatable bonds is 6. The highest BCUT2D eigenvalue weighted by Crippen LogP contribution is 2.35. The monoisotopic (exact) mass is 508 g/mol. The number of ether oxygens (including phenoxy) is 1. The lowest BCUT2D eigenvalue weighted by atomic mass is 9.87. The van der Waals surface area contributed by atoms with Gasteiger partial charge >= 0.3 is 0 Å². The molecule has 0 saturated heterocycles. The molecule has 1 unspecified atom stereocenters. The van der Waals surface area contributed by atoms with E-state index in [1.807, 2.05) is 62.4 Å². The lowest BCUT2D eigenvalue weighted by Gasteiger charge is -2.28. The van der Waals surface area contributed by atoms with Gasteiger partial charge in [0.05, 0.1) is 5.57 Å². The van der Waals surface area contributed by atoms with Crippen LogP contribution < -0.4 is 15.4 Å². The van der Waals surface area contributed by atoms with Crippen molar-refractivity contribution >= 4 is 17.5 Å². The summed E-state index contributed by atoms with van der Waals surface area (Å²) in [6.45, 7) is 10.9. The maximum atomic E-state index is 13.5. The molecule has 5 rings (SSSR count). The molecule has 2 heterocycles. The van der Waals surface area contributed by atoms with Gasteiger partial charge in [-0.25, -0.2) is 0 Å². The fraction of sp³-hybridized carbons (Fsp3) is 0.267. The van der Waals surface area contributed by atoms with Gasteiger partial charge in [-0.15, -0.1) is 0 Å². The number of carbonyl (C=O) groups is 1. The highest BCUT2D eigenvalue weighted by Gasteiger charge is 2.34. The first-order chi connectivity index (χ1) is 18.2. The number of hydrogen-bond acceptors (Lipinski definition) is 6. The largest absolute Gasteiger partial charge is 0.489 e. The van der Waals surface area contributed by atoms with E-state index in [1.165, 1.54) is 5.56 Å². The summed E-state index contributed by atoms with van der Waals surface area (Å²) >= 11 is 0. The van der Waals surface area contributed by atoms with Crippen LogP contribution in [0.1, 0.15) is 56.0 Å². The Morgan fingerprint density at radius 1 is 1.03 bits per heavy atom. The Morgan fingerprint density at radius 2 is 1.76 bits per heavy atom. The summed E-state index contributed by atoms with van der Waals surface area (Å²) in [5.74, 6) is 1.01. The van der Waals surface area contributed by atoms with Gasteiger partial charge in [0.1, 0.15) is 18.4 Å². The molecule has 3 aromatic carbocycles. The molecular formula is C30H32N6O2. The molecule has 1 aliphatic rings. The van der Waals surface area contributed by atoms with Crippen molar-refractivity contribution < 1.29 is 9.53 Å². The van der Waals surface area contributed by atoms with Crippen molar-refractivity contribution in [1.29, 1.82) is 0 Å². The maximum Gasteiger partial charge on any atom is 0.255 e. The molecular weight excluding hydrogens is 476 g/mol. The van der Waals surface area contributed by atoms with Gasteiger partial charge in [-0.1, -0.05) is 74.4 Å². The minimum atomic E-state index is -0.495. The predicted molar refractivity (Wildman–Crippen MR) is 148 cm³/mol. The molecule has 0 spiro atoms. The van der Waals surface area contributed by atoms with Crippen LogP contribution in [0.5, 0.6) is 5.75 Å². The second kappa shape index (κ2) is 10.1. The Kier molecular flexibility index (Phi) is 6.72. The smallest absolute Gasteiger partial charge is 0.255 e. The van der Waals surface area contributed by atoms with Gasteiger partial charge in [-0.3, -0.25) is 4.79 Å². The third-order valence-corrected chi connectivity index (χ3v) is 6.66. The number of tetrazole rings is 1. The van der Waals surface area contributed by atoms with Crippen LogP contribution in [-0.2, 0) is 16.8 Å². The number of nitrogens with one attached hydrogen (secondary N) is 2. The molecule has 1 aliphatic heterocycles. The number of fused-ring (bicyclic) bond motifs is 1. The topological polar surface area (TPSA) is 94.0 Å². The molecule has 1 amide bonds. The van der Waals surface area contributed by atoms with Crippen molar-refractivity contribution in [2.24, 2.45) is 0 Å². The third-order valence-electron chi connectivity index (χ3n) is 6.66. The van der Waals surface area contributed by atoms with Gasteiger partial charge in [0, 0.05) is 11.4 Å². The number of benzene rings is 3. The van der Waals surface area contributed by atoms with Crippen LogP contribution in [0.25, 0.3) is 0 Å². The lowest BCUT2D eigenvalue weighted by Crippen LogP contribution is -2.31. The predicted octanol–water partition coefficient (Wildman–Crippen LogP) is 5.79. The summed E-state index contributed by atoms with van der Waals surface area (Å²) in [5, 5.41) is 18.2. The van der Waals surface area contributed by atoms with Crippen molar-refractivity contribution in [2.45, 2.75) is 52.7 Å². The maximum absolute atomic E-state index is 13.5. The van der Waals surface area contributed by atoms with Crippen LogP contribution in [0, 0.1) is 6.92 Å². The fourth-order valence-corrected chi connectivity index (χ4v) is 4.55. The number of hydrogen-bond donors (Lipinski definition) is 2. The fourth-order valence-electron chi connectivity index (χ4n) is 4.55. The second-order valence-electron chi connectivity index (χ2n) is 10.6. The van der Waals surface area contributed by atoms with E-state index in [4.69, 9.17) is 4.74 Å². The first kappa shape index (κ1) is 25.2. The van der Waals surface area contributed by atoms with Gasteiger partial charge in [0.2, 0.25) is 5.95 Å². The summed E-state index contributed by atoms with van der Waals surface area (Å²) in [6.07, 6.45) is 0. The van der Waals surface area contributed by atoms with Crippen LogP contribution in [0.15, 0.2) is 84.1 Å². The van der Waals surface area contributed by atoms with Crippen molar-refractivity contribution in [1.82, 2.24) is 20.2 Å². The molecule has 0 radical (unpaired) electrons. The summed E-state index contributed by atoms with van der Waals surface area (Å²) in [7, 11) is 0. The normalized spacial score (nSPS) is 15.0. The van der Waals surface area contributed by atoms with Crippen molar-refractivity contribution in [2.75, 3.05) is 10.6 Å². The first-order valence-corrected chi connectivity index (χ1v) is 12.6. The number of anilines is 2. The Labute approximate surface area is 222 Å². The zero-order chi connectivity index (χ0) is 26.9. The Bertz CT molecular complexity index is 1480. The first-order valence-electron chi connectivity index (χ1n) is 12.6. The molecule has 0 aliphatic carbocycles. The standard InChI is InChI=1S/C30H32N6O2/c1-19-7-6-8-24(17-19)32-28(37)26-20(2)31-29-33-34-35-36(29)27(26)22-11-15-25(16-12-22)38-18-21-9-13-23(14-10-21)30(3,4)5/h6-17,27H,18H2,1-5H3,(H,32,37)(H,31,33,35). The highest BCUT2D eigenvalue weighted by atomic mass is 16.5. The van der Waals surface area contributed by atoms with Crippen LogP contribution in [0.2, 0.25) is 0 Å². The molecule has 0 bridgehead atoms. The third kappa shape index (κ3) is 5.29. The number of allylic oxidation sites excluding steroid dienone is 1. The summed E-state index contributed by atoms with van der Waals surface area (Å²) < 4.78 is 7.68. The molecule has 0 fully saturated rings. The average Bonchev–Trinajstić information content (AvgIpc) is 3.35. The quantitative estimate of drug-likeness (QED) is 0.343. The molecule has 38 heavy (non-hydrogen) atoms. The van der Waals surface area contributed by atoms with E-state index in [1.54, 1.807) is 4.68 Å². The molecule has 2 N–H and O–H groups in total. The number of aryl methyl sites for hydroxylation is 1. The van der Waals surface area contributed by atoms with Crippen molar-refractivity contribution in [3.63, 3.8) is 0 Å². The second-order valence-corrected chi connectivity index (χ2v) is 10.6. The number of nitrogens with zero attached hydrogens (tertiary/aromatic N) is 4. The Morgan fingerprint density at radius 3 is 2.45 bits per heavy atom. The molecule has 0 saturated carbocycles. The van der Waals surface area contributed by atoms with Crippen LogP contribution in [0.4, 0.5) is 11.6 Å². The van der Waals surface area contributed by atoms with Gasteiger partial charge < -0.3 is 15.4 Å². The van der Waals surface area contributed by atoms with Gasteiger partial charge in [-0.05, 0) is 76.2 Å². The van der Waals surface area contributed by atoms with Gasteiger partial charge in [0.15, 0.2) is 0 Å². The van der Waals surface area contributed by atoms with E-state index in [0.29, 0.717) is 23.8 Å². The number of carbonyl (C=O) groups excluding carboxylic acids is 1. The van der Waals surface area contributed by atoms with E-state index in [2.05, 4.69) is 71.2 Å². The van der Waals surface area contributed by atoms with Crippen LogP contribution in [-0.4, -0.2) is 26.1 Å². The molecule has 1 atom stereocenters. The van der Waals surface area contributed by atoms with Crippen molar-refractivity contribution in [3.05, 3.63) is 106 Å².